The van der Waals surface area contributed by atoms with E-state index < -0.39 is 0 Å². The maximum atomic E-state index is 12.5. The molecule has 4 rings (SSSR count). The van der Waals surface area contributed by atoms with Crippen molar-refractivity contribution in [2.75, 3.05) is 0 Å². The molecule has 4 atom stereocenters. The van der Waals surface area contributed by atoms with Gasteiger partial charge in [0, 0.05) is 18.5 Å². The van der Waals surface area contributed by atoms with E-state index in [1.807, 2.05) is 6.07 Å². The van der Waals surface area contributed by atoms with Crippen LogP contribution in [0.1, 0.15) is 39.0 Å². The van der Waals surface area contributed by atoms with Gasteiger partial charge in [0.2, 0.25) is 11.8 Å². The van der Waals surface area contributed by atoms with Crippen molar-refractivity contribution in [1.82, 2.24) is 20.2 Å². The number of piperidine rings is 1. The van der Waals surface area contributed by atoms with Gasteiger partial charge < -0.3 is 10.6 Å². The van der Waals surface area contributed by atoms with E-state index in [1.54, 1.807) is 18.2 Å². The third-order valence-corrected chi connectivity index (χ3v) is 6.24. The van der Waals surface area contributed by atoms with Crippen molar-refractivity contribution in [3.05, 3.63) is 40.9 Å². The molecule has 2 amide bonds. The Morgan fingerprint density at radius 1 is 1.29 bits per heavy atom. The fourth-order valence-electron chi connectivity index (χ4n) is 4.80. The van der Waals surface area contributed by atoms with Crippen molar-refractivity contribution in [1.29, 1.82) is 0 Å². The second-order valence-corrected chi connectivity index (χ2v) is 7.98. The summed E-state index contributed by atoms with van der Waals surface area (Å²) >= 11 is 0. The van der Waals surface area contributed by atoms with Crippen molar-refractivity contribution >= 4 is 22.7 Å². The molecule has 7 nitrogen and oxygen atoms in total. The molecule has 0 radical (unpaired) electrons. The topological polar surface area (TPSA) is 93.1 Å². The number of benzene rings is 1. The molecule has 1 aliphatic heterocycles. The molecule has 4 unspecified atom stereocenters. The molecule has 1 aromatic carbocycles. The van der Waals surface area contributed by atoms with Crippen LogP contribution in [0.15, 0.2) is 35.4 Å². The van der Waals surface area contributed by atoms with Gasteiger partial charge in [-0.1, -0.05) is 25.5 Å². The highest BCUT2D eigenvalue weighted by atomic mass is 16.2. The molecule has 1 saturated carbocycles. The molecule has 2 N–H and O–H groups in total. The summed E-state index contributed by atoms with van der Waals surface area (Å²) in [5, 5.41) is 6.66. The Kier molecular flexibility index (Phi) is 5.15. The lowest BCUT2D eigenvalue weighted by atomic mass is 9.70. The average molecular weight is 382 g/mol. The summed E-state index contributed by atoms with van der Waals surface area (Å²) in [4.78, 5) is 41.3. The fourth-order valence-corrected chi connectivity index (χ4v) is 4.80. The SMILES string of the molecule is CCC1CC(=O)NC2CC(NC(=O)Cn3cnc4ccccc4c3=O)CCC12. The zero-order valence-electron chi connectivity index (χ0n) is 16.1. The quantitative estimate of drug-likeness (QED) is 0.840. The van der Waals surface area contributed by atoms with Crippen molar-refractivity contribution in [3.8, 4) is 0 Å². The molecular formula is C21H26N4O3. The Labute approximate surface area is 163 Å². The number of carbonyl (C=O) groups excluding carboxylic acids is 2. The van der Waals surface area contributed by atoms with Gasteiger partial charge in [-0.25, -0.2) is 4.98 Å². The van der Waals surface area contributed by atoms with Crippen LogP contribution in [0.25, 0.3) is 10.9 Å². The monoisotopic (exact) mass is 382 g/mol. The maximum Gasteiger partial charge on any atom is 0.261 e. The zero-order chi connectivity index (χ0) is 19.7. The first-order chi connectivity index (χ1) is 13.5. The van der Waals surface area contributed by atoms with Gasteiger partial charge in [-0.2, -0.15) is 0 Å². The lowest BCUT2D eigenvalue weighted by Gasteiger charge is -2.44. The van der Waals surface area contributed by atoms with E-state index in [-0.39, 0.29) is 36.0 Å². The lowest BCUT2D eigenvalue weighted by Crippen LogP contribution is -2.55. The van der Waals surface area contributed by atoms with E-state index in [0.717, 1.165) is 25.7 Å². The molecule has 2 fully saturated rings. The summed E-state index contributed by atoms with van der Waals surface area (Å²) in [6.45, 7) is 2.09. The molecule has 0 spiro atoms. The van der Waals surface area contributed by atoms with Gasteiger partial charge in [0.25, 0.3) is 5.56 Å². The van der Waals surface area contributed by atoms with Crippen LogP contribution in [0, 0.1) is 11.8 Å². The summed E-state index contributed by atoms with van der Waals surface area (Å²) in [5.41, 5.74) is 0.413. The third-order valence-electron chi connectivity index (χ3n) is 6.24. The molecule has 1 aromatic heterocycles. The van der Waals surface area contributed by atoms with Crippen LogP contribution >= 0.6 is 0 Å². The normalized spacial score (nSPS) is 27.1. The van der Waals surface area contributed by atoms with Gasteiger partial charge in [-0.05, 0) is 43.2 Å². The first-order valence-electron chi connectivity index (χ1n) is 10.1. The summed E-state index contributed by atoms with van der Waals surface area (Å²) in [6.07, 6.45) is 5.73. The first kappa shape index (κ1) is 18.7. The number of para-hydroxylation sites is 1. The van der Waals surface area contributed by atoms with E-state index in [1.165, 1.54) is 10.9 Å². The molecule has 2 heterocycles. The smallest absolute Gasteiger partial charge is 0.261 e. The van der Waals surface area contributed by atoms with Crippen LogP contribution < -0.4 is 16.2 Å². The Bertz CT molecular complexity index is 954. The number of carbonyl (C=O) groups is 2. The predicted octanol–water partition coefficient (Wildman–Crippen LogP) is 1.60. The minimum atomic E-state index is -0.213. The van der Waals surface area contributed by atoms with Gasteiger partial charge in [0.05, 0.1) is 17.2 Å². The Morgan fingerprint density at radius 3 is 2.93 bits per heavy atom. The second kappa shape index (κ2) is 7.73. The molecule has 1 aliphatic carbocycles. The molecule has 148 valence electrons. The molecule has 1 saturated heterocycles. The van der Waals surface area contributed by atoms with E-state index >= 15 is 0 Å². The highest BCUT2D eigenvalue weighted by Gasteiger charge is 2.40. The number of hydrogen-bond acceptors (Lipinski definition) is 4. The maximum absolute atomic E-state index is 12.5. The van der Waals surface area contributed by atoms with Crippen LogP contribution in [0.4, 0.5) is 0 Å². The number of amides is 2. The number of rotatable bonds is 4. The Balaban J connectivity index is 1.40. The van der Waals surface area contributed by atoms with Gasteiger partial charge in [-0.15, -0.1) is 0 Å². The highest BCUT2D eigenvalue weighted by Crippen LogP contribution is 2.36. The minimum absolute atomic E-state index is 0.0220. The van der Waals surface area contributed by atoms with E-state index in [2.05, 4.69) is 22.5 Å². The third kappa shape index (κ3) is 3.66. The van der Waals surface area contributed by atoms with Crippen molar-refractivity contribution in [3.63, 3.8) is 0 Å². The molecular weight excluding hydrogens is 356 g/mol. The van der Waals surface area contributed by atoms with Crippen molar-refractivity contribution in [2.24, 2.45) is 11.8 Å². The largest absolute Gasteiger partial charge is 0.353 e. The van der Waals surface area contributed by atoms with Crippen molar-refractivity contribution in [2.45, 2.75) is 57.7 Å². The summed E-state index contributed by atoms with van der Waals surface area (Å²) in [7, 11) is 0. The molecule has 28 heavy (non-hydrogen) atoms. The van der Waals surface area contributed by atoms with Crippen molar-refractivity contribution < 1.29 is 9.59 Å². The van der Waals surface area contributed by atoms with Crippen LogP contribution in [-0.4, -0.2) is 33.4 Å². The number of aromatic nitrogens is 2. The molecule has 7 heteroatoms. The molecule has 2 aromatic rings. The Hall–Kier alpha value is -2.70. The first-order valence-corrected chi connectivity index (χ1v) is 10.1. The van der Waals surface area contributed by atoms with Gasteiger partial charge in [0.15, 0.2) is 0 Å². The van der Waals surface area contributed by atoms with Gasteiger partial charge in [0.1, 0.15) is 6.54 Å². The van der Waals surface area contributed by atoms with Crippen LogP contribution in [-0.2, 0) is 16.1 Å². The fraction of sp³-hybridized carbons (Fsp3) is 0.524. The van der Waals surface area contributed by atoms with Gasteiger partial charge >= 0.3 is 0 Å². The lowest BCUT2D eigenvalue weighted by molar-refractivity contribution is -0.127. The van der Waals surface area contributed by atoms with E-state index in [4.69, 9.17) is 0 Å². The summed E-state index contributed by atoms with van der Waals surface area (Å²) < 4.78 is 1.35. The molecule has 0 bridgehead atoms. The number of hydrogen-bond donors (Lipinski definition) is 2. The molecule has 2 aliphatic rings. The summed E-state index contributed by atoms with van der Waals surface area (Å²) in [6, 6.07) is 7.27. The van der Waals surface area contributed by atoms with Crippen LogP contribution in [0.5, 0.6) is 0 Å². The Morgan fingerprint density at radius 2 is 2.11 bits per heavy atom. The van der Waals surface area contributed by atoms with Gasteiger partial charge in [-0.3, -0.25) is 19.0 Å². The number of nitrogens with zero attached hydrogens (tertiary/aromatic N) is 2. The second-order valence-electron chi connectivity index (χ2n) is 7.98. The van der Waals surface area contributed by atoms with E-state index in [9.17, 15) is 14.4 Å². The highest BCUT2D eigenvalue weighted by molar-refractivity contribution is 5.79. The predicted molar refractivity (Wildman–Crippen MR) is 106 cm³/mol. The average Bonchev–Trinajstić information content (AvgIpc) is 2.69. The van der Waals surface area contributed by atoms with Crippen LogP contribution in [0.2, 0.25) is 0 Å². The number of nitrogens with one attached hydrogen (secondary N) is 2. The standard InChI is InChI=1S/C21H26N4O3/c1-2-13-9-19(26)24-18-10-14(7-8-15(13)18)23-20(27)11-25-12-22-17-6-4-3-5-16(17)21(25)28/h3-6,12-15,18H,2,7-11H2,1H3,(H,23,27)(H,24,26). The number of fused-ring (bicyclic) bond motifs is 2. The van der Waals surface area contributed by atoms with E-state index in [0.29, 0.717) is 29.2 Å². The minimum Gasteiger partial charge on any atom is -0.353 e. The van der Waals surface area contributed by atoms with Crippen LogP contribution in [0.3, 0.4) is 0 Å². The zero-order valence-corrected chi connectivity index (χ0v) is 16.1. The summed E-state index contributed by atoms with van der Waals surface area (Å²) in [5.74, 6) is 0.867.